The molecule has 0 aliphatic heterocycles. The molecule has 0 aromatic rings. The number of methoxy groups -OCH3 is 1. The van der Waals surface area contributed by atoms with Crippen LogP contribution in [-0.2, 0) is 19.6 Å². The van der Waals surface area contributed by atoms with E-state index in [0.29, 0.717) is 0 Å². The van der Waals surface area contributed by atoms with Crippen LogP contribution in [0.1, 0.15) is 6.92 Å². The van der Waals surface area contributed by atoms with E-state index in [0.717, 1.165) is 11.4 Å². The fourth-order valence-corrected chi connectivity index (χ4v) is 2.11. The summed E-state index contributed by atoms with van der Waals surface area (Å²) in [5.41, 5.74) is 5.21. The number of hydrogen-bond donors (Lipinski definition) is 1. The van der Waals surface area contributed by atoms with Gasteiger partial charge in [-0.05, 0) is 6.92 Å². The van der Waals surface area contributed by atoms with Crippen molar-refractivity contribution in [3.05, 3.63) is 0 Å². The predicted octanol–water partition coefficient (Wildman–Crippen LogP) is -1.23. The minimum absolute atomic E-state index is 0.184. The molecule has 0 radical (unpaired) electrons. The van der Waals surface area contributed by atoms with E-state index in [9.17, 15) is 13.2 Å². The first kappa shape index (κ1) is 13.3. The Bertz CT molecular complexity index is 288. The zero-order chi connectivity index (χ0) is 11.4. The summed E-state index contributed by atoms with van der Waals surface area (Å²) in [4.78, 5) is 11.0. The number of carbonyl (C=O) groups excluding carboxylic acids is 1. The Morgan fingerprint density at radius 1 is 1.57 bits per heavy atom. The second-order valence-corrected chi connectivity index (χ2v) is 5.18. The number of sulfonamides is 1. The molecule has 0 aromatic heterocycles. The molecule has 0 bridgehead atoms. The molecule has 0 rings (SSSR count). The van der Waals surface area contributed by atoms with Gasteiger partial charge in [-0.2, -0.15) is 0 Å². The highest BCUT2D eigenvalue weighted by Crippen LogP contribution is 2.07. The maximum Gasteiger partial charge on any atom is 0.325 e. The molecule has 14 heavy (non-hydrogen) atoms. The number of carbonyl (C=O) groups is 1. The Morgan fingerprint density at radius 3 is 2.43 bits per heavy atom. The van der Waals surface area contributed by atoms with Crippen LogP contribution in [0.15, 0.2) is 0 Å². The molecule has 0 aliphatic carbocycles. The normalized spacial score (nSPS) is 14.1. The monoisotopic (exact) mass is 224 g/mol. The van der Waals surface area contributed by atoms with E-state index >= 15 is 0 Å². The summed E-state index contributed by atoms with van der Waals surface area (Å²) >= 11 is 0. The maximum atomic E-state index is 11.6. The molecular formula is C7H16N2O4S. The number of hydrogen-bond acceptors (Lipinski definition) is 5. The number of rotatable bonds is 5. The molecule has 0 fully saturated rings. The Hall–Kier alpha value is -0.660. The van der Waals surface area contributed by atoms with Gasteiger partial charge in [-0.15, -0.1) is 0 Å². The van der Waals surface area contributed by atoms with E-state index in [-0.39, 0.29) is 13.1 Å². The molecular weight excluding hydrogens is 208 g/mol. The van der Waals surface area contributed by atoms with Gasteiger partial charge < -0.3 is 10.5 Å². The lowest BCUT2D eigenvalue weighted by Gasteiger charge is -2.19. The topological polar surface area (TPSA) is 89.7 Å². The molecule has 84 valence electrons. The van der Waals surface area contributed by atoms with Gasteiger partial charge in [0.05, 0.1) is 7.11 Å². The summed E-state index contributed by atoms with van der Waals surface area (Å²) in [5.74, 6) is -0.770. The minimum Gasteiger partial charge on any atom is -0.468 e. The van der Waals surface area contributed by atoms with Gasteiger partial charge in [0.15, 0.2) is 5.25 Å². The van der Waals surface area contributed by atoms with Gasteiger partial charge in [0.25, 0.3) is 0 Å². The predicted molar refractivity (Wildman–Crippen MR) is 52.1 cm³/mol. The van der Waals surface area contributed by atoms with Gasteiger partial charge in [-0.1, -0.05) is 0 Å². The molecule has 6 nitrogen and oxygen atoms in total. The second kappa shape index (κ2) is 5.28. The summed E-state index contributed by atoms with van der Waals surface area (Å²) in [6, 6.07) is 0. The van der Waals surface area contributed by atoms with Crippen LogP contribution in [0.2, 0.25) is 0 Å². The lowest BCUT2D eigenvalue weighted by Crippen LogP contribution is -2.41. The van der Waals surface area contributed by atoms with Crippen LogP contribution in [0.5, 0.6) is 0 Å². The zero-order valence-corrected chi connectivity index (χ0v) is 9.37. The van der Waals surface area contributed by atoms with Crippen molar-refractivity contribution in [1.29, 1.82) is 0 Å². The van der Waals surface area contributed by atoms with Crippen LogP contribution in [-0.4, -0.2) is 51.2 Å². The largest absolute Gasteiger partial charge is 0.468 e. The quantitative estimate of drug-likeness (QED) is 0.590. The van der Waals surface area contributed by atoms with Gasteiger partial charge in [0.1, 0.15) is 0 Å². The maximum absolute atomic E-state index is 11.6. The molecule has 0 aliphatic rings. The van der Waals surface area contributed by atoms with Gasteiger partial charge in [-0.3, -0.25) is 4.79 Å². The fraction of sp³-hybridized carbons (Fsp3) is 0.857. The molecule has 0 heterocycles. The van der Waals surface area contributed by atoms with E-state index in [1.807, 2.05) is 0 Å². The van der Waals surface area contributed by atoms with Crippen molar-refractivity contribution in [3.63, 3.8) is 0 Å². The van der Waals surface area contributed by atoms with Crippen molar-refractivity contribution in [3.8, 4) is 0 Å². The first-order chi connectivity index (χ1) is 6.37. The van der Waals surface area contributed by atoms with Crippen LogP contribution < -0.4 is 5.73 Å². The van der Waals surface area contributed by atoms with Gasteiger partial charge in [-0.25, -0.2) is 12.7 Å². The minimum atomic E-state index is -3.63. The van der Waals surface area contributed by atoms with Gasteiger partial charge in [0, 0.05) is 20.1 Å². The van der Waals surface area contributed by atoms with E-state index in [4.69, 9.17) is 5.73 Å². The standard InChI is InChI=1S/C7H16N2O4S/c1-6(7(10)13-3)14(11,12)9(2)5-4-8/h6H,4-5,8H2,1-3H3. The smallest absolute Gasteiger partial charge is 0.325 e. The summed E-state index contributed by atoms with van der Waals surface area (Å²) < 4.78 is 28.6. The highest BCUT2D eigenvalue weighted by atomic mass is 32.2. The van der Waals surface area contributed by atoms with Crippen molar-refractivity contribution in [2.45, 2.75) is 12.2 Å². The molecule has 0 saturated carbocycles. The summed E-state index contributed by atoms with van der Waals surface area (Å²) in [5, 5.41) is -1.19. The van der Waals surface area contributed by atoms with Crippen molar-refractivity contribution >= 4 is 16.0 Å². The highest BCUT2D eigenvalue weighted by molar-refractivity contribution is 7.90. The lowest BCUT2D eigenvalue weighted by molar-refractivity contribution is -0.139. The van der Waals surface area contributed by atoms with Crippen molar-refractivity contribution in [2.24, 2.45) is 5.73 Å². The molecule has 7 heteroatoms. The third kappa shape index (κ3) is 2.93. The number of esters is 1. The molecule has 2 N–H and O–H groups in total. The third-order valence-corrected chi connectivity index (χ3v) is 4.00. The fourth-order valence-electron chi connectivity index (χ4n) is 0.867. The lowest BCUT2D eigenvalue weighted by atomic mass is 10.5. The van der Waals surface area contributed by atoms with Crippen molar-refractivity contribution < 1.29 is 17.9 Å². The first-order valence-electron chi connectivity index (χ1n) is 4.11. The summed E-state index contributed by atoms with van der Waals surface area (Å²) in [6.07, 6.45) is 0. The Morgan fingerprint density at radius 2 is 2.07 bits per heavy atom. The Balaban J connectivity index is 4.69. The van der Waals surface area contributed by atoms with Crippen LogP contribution >= 0.6 is 0 Å². The highest BCUT2D eigenvalue weighted by Gasteiger charge is 2.32. The first-order valence-corrected chi connectivity index (χ1v) is 5.61. The molecule has 0 aromatic carbocycles. The Labute approximate surface area is 84.1 Å². The molecule has 0 amide bonds. The summed E-state index contributed by atoms with van der Waals surface area (Å²) in [6.45, 7) is 1.68. The van der Waals surface area contributed by atoms with E-state index in [1.165, 1.54) is 14.0 Å². The zero-order valence-electron chi connectivity index (χ0n) is 8.56. The average molecular weight is 224 g/mol. The van der Waals surface area contributed by atoms with Gasteiger partial charge >= 0.3 is 5.97 Å². The van der Waals surface area contributed by atoms with Crippen molar-refractivity contribution in [1.82, 2.24) is 4.31 Å². The van der Waals surface area contributed by atoms with Crippen LogP contribution in [0.4, 0.5) is 0 Å². The number of likely N-dealkylation sites (N-methyl/N-ethyl adjacent to an activating group) is 1. The Kier molecular flexibility index (Phi) is 5.03. The van der Waals surface area contributed by atoms with Gasteiger partial charge in [0.2, 0.25) is 10.0 Å². The van der Waals surface area contributed by atoms with E-state index < -0.39 is 21.2 Å². The van der Waals surface area contributed by atoms with Crippen LogP contribution in [0, 0.1) is 0 Å². The molecule has 0 saturated heterocycles. The van der Waals surface area contributed by atoms with Crippen LogP contribution in [0.3, 0.4) is 0 Å². The van der Waals surface area contributed by atoms with E-state index in [2.05, 4.69) is 4.74 Å². The molecule has 0 spiro atoms. The van der Waals surface area contributed by atoms with E-state index in [1.54, 1.807) is 0 Å². The SMILES string of the molecule is COC(=O)C(C)S(=O)(=O)N(C)CCN. The number of ether oxygens (including phenoxy) is 1. The second-order valence-electron chi connectivity index (χ2n) is 2.82. The number of nitrogens with zero attached hydrogens (tertiary/aromatic N) is 1. The summed E-state index contributed by atoms with van der Waals surface area (Å²) in [7, 11) is -1.11. The van der Waals surface area contributed by atoms with Crippen molar-refractivity contribution in [2.75, 3.05) is 27.2 Å². The average Bonchev–Trinajstić information content (AvgIpc) is 2.15. The third-order valence-electron chi connectivity index (χ3n) is 1.86. The number of nitrogens with two attached hydrogens (primary N) is 1. The van der Waals surface area contributed by atoms with Crippen LogP contribution in [0.25, 0.3) is 0 Å². The molecule has 1 unspecified atom stereocenters. The molecule has 1 atom stereocenters.